The Bertz CT molecular complexity index is 943. The highest BCUT2D eigenvalue weighted by Crippen LogP contribution is 2.50. The van der Waals surface area contributed by atoms with Crippen LogP contribution < -0.4 is 9.30 Å². The monoisotopic (exact) mass is 399 g/mol. The minimum absolute atomic E-state index is 0.166. The molecule has 1 aromatic heterocycles. The van der Waals surface area contributed by atoms with E-state index in [4.69, 9.17) is 4.74 Å². The Morgan fingerprint density at radius 2 is 1.93 bits per heavy atom. The normalized spacial score (nSPS) is 21.9. The Balaban J connectivity index is 1.51. The van der Waals surface area contributed by atoms with Crippen molar-refractivity contribution >= 4 is 23.6 Å². The van der Waals surface area contributed by atoms with Gasteiger partial charge in [-0.3, -0.25) is 9.69 Å². The molecule has 0 aliphatic carbocycles. The van der Waals surface area contributed by atoms with Crippen LogP contribution in [0.15, 0.2) is 65.6 Å². The number of carbonyl (C=O) groups excluding carboxylic acids is 1. The van der Waals surface area contributed by atoms with Crippen LogP contribution in [-0.4, -0.2) is 38.5 Å². The number of aliphatic hydroxyl groups is 1. The summed E-state index contributed by atoms with van der Waals surface area (Å²) >= 11 is 1.16. The molecule has 2 N–H and O–H groups in total. The molecule has 1 aromatic carbocycles. The lowest BCUT2D eigenvalue weighted by Gasteiger charge is -2.43. The number of carboxylic acids is 1. The standard InChI is InChI=1S/C20H18N2O5S/c1-12(23)15-17(24)22-16(19(25)26)20(28-18(15)22)27-14-7-5-13(6-8-14)11-21-9-3-2-4-10-21/h2-10,12,15,18,23H,11H2,1H3/p+1/t12-,15+,18-/m1/s1. The SMILES string of the molecule is C[C@@H](O)[C@H]1C(=O)N2C(C(=O)O)=C(Oc3ccc(C[n+]4ccccc4)cc3)S[C@H]12. The average molecular weight is 399 g/mol. The predicted octanol–water partition coefficient (Wildman–Crippen LogP) is 1.57. The van der Waals surface area contributed by atoms with E-state index in [0.29, 0.717) is 12.3 Å². The zero-order valence-corrected chi connectivity index (χ0v) is 15.9. The number of fused-ring (bicyclic) bond motifs is 1. The van der Waals surface area contributed by atoms with Crippen molar-refractivity contribution in [3.8, 4) is 5.75 Å². The van der Waals surface area contributed by atoms with Crippen LogP contribution in [0, 0.1) is 5.92 Å². The number of nitrogens with zero attached hydrogens (tertiary/aromatic N) is 2. The van der Waals surface area contributed by atoms with Gasteiger partial charge in [0, 0.05) is 17.7 Å². The molecule has 0 saturated carbocycles. The molecule has 1 amide bonds. The van der Waals surface area contributed by atoms with Gasteiger partial charge in [-0.2, -0.15) is 0 Å². The smallest absolute Gasteiger partial charge is 0.357 e. The number of thioether (sulfide) groups is 1. The minimum atomic E-state index is -1.22. The average Bonchev–Trinajstić information content (AvgIpc) is 2.98. The molecular formula is C20H19N2O5S+. The lowest BCUT2D eigenvalue weighted by atomic mass is 9.92. The van der Waals surface area contributed by atoms with E-state index in [1.165, 1.54) is 11.8 Å². The first kappa shape index (κ1) is 18.5. The Hall–Kier alpha value is -2.84. The highest BCUT2D eigenvalue weighted by molar-refractivity contribution is 8.03. The van der Waals surface area contributed by atoms with Crippen molar-refractivity contribution < 1.29 is 29.1 Å². The Morgan fingerprint density at radius 1 is 1.25 bits per heavy atom. The number of carbonyl (C=O) groups is 2. The first-order valence-electron chi connectivity index (χ1n) is 8.82. The number of aliphatic hydroxyl groups excluding tert-OH is 1. The molecule has 144 valence electrons. The van der Waals surface area contributed by atoms with Gasteiger partial charge in [0.05, 0.1) is 12.0 Å². The van der Waals surface area contributed by atoms with Crippen LogP contribution in [0.4, 0.5) is 0 Å². The Kier molecular flexibility index (Phi) is 4.82. The van der Waals surface area contributed by atoms with E-state index < -0.39 is 29.3 Å². The summed E-state index contributed by atoms with van der Waals surface area (Å²) in [4.78, 5) is 25.1. The number of carboxylic acid groups (broad SMARTS) is 1. The topological polar surface area (TPSA) is 91.0 Å². The fraction of sp³-hybridized carbons (Fsp3) is 0.250. The summed E-state index contributed by atoms with van der Waals surface area (Å²) in [5.74, 6) is -1.74. The molecule has 3 heterocycles. The van der Waals surface area contributed by atoms with Gasteiger partial charge >= 0.3 is 5.97 Å². The summed E-state index contributed by atoms with van der Waals surface area (Å²) in [6, 6.07) is 13.2. The molecule has 3 atom stereocenters. The number of amides is 1. The van der Waals surface area contributed by atoms with E-state index in [9.17, 15) is 19.8 Å². The van der Waals surface area contributed by atoms with Crippen molar-refractivity contribution in [1.29, 1.82) is 0 Å². The Morgan fingerprint density at radius 3 is 2.54 bits per heavy atom. The summed E-state index contributed by atoms with van der Waals surface area (Å²) in [5.41, 5.74) is 0.907. The maximum absolute atomic E-state index is 12.2. The van der Waals surface area contributed by atoms with Crippen LogP contribution in [0.2, 0.25) is 0 Å². The number of rotatable bonds is 6. The number of hydrogen-bond donors (Lipinski definition) is 2. The molecule has 4 rings (SSSR count). The molecule has 0 radical (unpaired) electrons. The van der Waals surface area contributed by atoms with E-state index in [1.54, 1.807) is 12.1 Å². The van der Waals surface area contributed by atoms with Crippen molar-refractivity contribution in [3.63, 3.8) is 0 Å². The zero-order chi connectivity index (χ0) is 19.8. The van der Waals surface area contributed by atoms with Crippen LogP contribution in [0.3, 0.4) is 0 Å². The summed E-state index contributed by atoms with van der Waals surface area (Å²) in [7, 11) is 0. The van der Waals surface area contributed by atoms with E-state index in [-0.39, 0.29) is 10.8 Å². The number of hydrogen-bond acceptors (Lipinski definition) is 5. The molecule has 2 aliphatic rings. The quantitative estimate of drug-likeness (QED) is 0.566. The highest BCUT2D eigenvalue weighted by atomic mass is 32.2. The van der Waals surface area contributed by atoms with Gasteiger partial charge in [-0.25, -0.2) is 9.36 Å². The number of aliphatic carboxylic acids is 1. The largest absolute Gasteiger partial charge is 0.476 e. The molecule has 0 bridgehead atoms. The molecule has 2 aliphatic heterocycles. The summed E-state index contributed by atoms with van der Waals surface area (Å²) in [5, 5.41) is 19.0. The lowest BCUT2D eigenvalue weighted by molar-refractivity contribution is -0.688. The van der Waals surface area contributed by atoms with Crippen LogP contribution in [0.1, 0.15) is 12.5 Å². The molecule has 28 heavy (non-hydrogen) atoms. The second-order valence-corrected chi connectivity index (χ2v) is 7.81. The van der Waals surface area contributed by atoms with Crippen LogP contribution in [0.5, 0.6) is 5.75 Å². The zero-order valence-electron chi connectivity index (χ0n) is 15.1. The molecular weight excluding hydrogens is 380 g/mol. The van der Waals surface area contributed by atoms with Gasteiger partial charge in [0.25, 0.3) is 0 Å². The van der Waals surface area contributed by atoms with Gasteiger partial charge in [0.1, 0.15) is 11.1 Å². The van der Waals surface area contributed by atoms with Crippen molar-refractivity contribution in [3.05, 3.63) is 71.2 Å². The van der Waals surface area contributed by atoms with Crippen molar-refractivity contribution in [2.24, 2.45) is 5.92 Å². The molecule has 1 fully saturated rings. The van der Waals surface area contributed by atoms with Gasteiger partial charge in [0.2, 0.25) is 5.91 Å². The number of β-lactam (4-membered cyclic amide) rings is 1. The van der Waals surface area contributed by atoms with Gasteiger partial charge in [0.15, 0.2) is 29.7 Å². The van der Waals surface area contributed by atoms with Crippen LogP contribution >= 0.6 is 11.8 Å². The fourth-order valence-corrected chi connectivity index (χ4v) is 4.81. The van der Waals surface area contributed by atoms with Crippen molar-refractivity contribution in [1.82, 2.24) is 4.90 Å². The lowest BCUT2D eigenvalue weighted by Crippen LogP contribution is -2.60. The molecule has 2 aromatic rings. The number of aromatic nitrogens is 1. The molecule has 1 saturated heterocycles. The maximum Gasteiger partial charge on any atom is 0.357 e. The van der Waals surface area contributed by atoms with Crippen LogP contribution in [-0.2, 0) is 16.1 Å². The van der Waals surface area contributed by atoms with Crippen molar-refractivity contribution in [2.45, 2.75) is 24.9 Å². The second-order valence-electron chi connectivity index (χ2n) is 6.72. The van der Waals surface area contributed by atoms with E-state index in [0.717, 1.165) is 17.3 Å². The molecule has 0 unspecified atom stereocenters. The van der Waals surface area contributed by atoms with E-state index in [2.05, 4.69) is 0 Å². The molecule has 7 nitrogen and oxygen atoms in total. The van der Waals surface area contributed by atoms with Crippen molar-refractivity contribution in [2.75, 3.05) is 0 Å². The highest BCUT2D eigenvalue weighted by Gasteiger charge is 2.58. The summed E-state index contributed by atoms with van der Waals surface area (Å²) < 4.78 is 7.83. The number of benzene rings is 1. The summed E-state index contributed by atoms with van der Waals surface area (Å²) in [6.45, 7) is 2.24. The van der Waals surface area contributed by atoms with Gasteiger partial charge in [-0.05, 0) is 31.2 Å². The molecule has 8 heteroatoms. The predicted molar refractivity (Wildman–Crippen MR) is 101 cm³/mol. The van der Waals surface area contributed by atoms with Gasteiger partial charge < -0.3 is 14.9 Å². The van der Waals surface area contributed by atoms with Crippen LogP contribution in [0.25, 0.3) is 0 Å². The third-order valence-electron chi connectivity index (χ3n) is 4.74. The molecule has 0 spiro atoms. The first-order chi connectivity index (χ1) is 13.5. The fourth-order valence-electron chi connectivity index (χ4n) is 3.34. The first-order valence-corrected chi connectivity index (χ1v) is 9.70. The summed E-state index contributed by atoms with van der Waals surface area (Å²) in [6.07, 6.45) is 3.11. The van der Waals surface area contributed by atoms with E-state index in [1.807, 2.05) is 47.3 Å². The van der Waals surface area contributed by atoms with E-state index >= 15 is 0 Å². The number of ether oxygens (including phenoxy) is 1. The number of pyridine rings is 1. The van der Waals surface area contributed by atoms with Gasteiger partial charge in [-0.1, -0.05) is 17.8 Å². The third-order valence-corrected chi connectivity index (χ3v) is 5.98. The Labute approximate surface area is 165 Å². The maximum atomic E-state index is 12.2. The second kappa shape index (κ2) is 7.29. The minimum Gasteiger partial charge on any atom is -0.476 e. The third kappa shape index (κ3) is 3.25. The van der Waals surface area contributed by atoms with Gasteiger partial charge in [-0.15, -0.1) is 0 Å².